The molecule has 0 radical (unpaired) electrons. The first-order valence-corrected chi connectivity index (χ1v) is 6.49. The van der Waals surface area contributed by atoms with Crippen molar-refractivity contribution < 1.29 is 19.5 Å². The standard InChI is InChI=1S/C13H13ClN4O4/c1-21-11(19)7-22-9-4-2-8(3-5-9)16-12-10(18-20)6-15-13(14)17-12/h2-6,18,20H,7H2,1H3,(H,15,16,17). The van der Waals surface area contributed by atoms with Crippen LogP contribution in [0.4, 0.5) is 17.2 Å². The quantitative estimate of drug-likeness (QED) is 0.422. The molecule has 2 rings (SSSR count). The Labute approximate surface area is 131 Å². The Morgan fingerprint density at radius 1 is 1.36 bits per heavy atom. The normalized spacial score (nSPS) is 9.95. The molecule has 1 heterocycles. The van der Waals surface area contributed by atoms with Crippen LogP contribution >= 0.6 is 11.6 Å². The lowest BCUT2D eigenvalue weighted by atomic mass is 10.3. The van der Waals surface area contributed by atoms with E-state index in [9.17, 15) is 4.79 Å². The van der Waals surface area contributed by atoms with Gasteiger partial charge in [-0.05, 0) is 35.9 Å². The minimum Gasteiger partial charge on any atom is -0.482 e. The van der Waals surface area contributed by atoms with Crippen molar-refractivity contribution >= 4 is 34.8 Å². The molecule has 1 aromatic carbocycles. The monoisotopic (exact) mass is 324 g/mol. The Morgan fingerprint density at radius 2 is 2.09 bits per heavy atom. The van der Waals surface area contributed by atoms with Gasteiger partial charge in [0, 0.05) is 5.69 Å². The summed E-state index contributed by atoms with van der Waals surface area (Å²) < 4.78 is 9.70. The van der Waals surface area contributed by atoms with E-state index in [2.05, 4.69) is 20.0 Å². The summed E-state index contributed by atoms with van der Waals surface area (Å²) in [6.07, 6.45) is 1.34. The van der Waals surface area contributed by atoms with Crippen LogP contribution in [0.3, 0.4) is 0 Å². The number of nitrogens with zero attached hydrogens (tertiary/aromatic N) is 2. The Balaban J connectivity index is 2.05. The number of hydrogen-bond donors (Lipinski definition) is 3. The summed E-state index contributed by atoms with van der Waals surface area (Å²) in [5.74, 6) is 0.361. The third-order valence-corrected chi connectivity index (χ3v) is 2.76. The highest BCUT2D eigenvalue weighted by Gasteiger charge is 2.07. The Bertz CT molecular complexity index is 651. The van der Waals surface area contributed by atoms with Crippen molar-refractivity contribution in [2.24, 2.45) is 0 Å². The van der Waals surface area contributed by atoms with Crippen LogP contribution in [0.15, 0.2) is 30.5 Å². The first-order chi connectivity index (χ1) is 10.6. The van der Waals surface area contributed by atoms with Crippen LogP contribution in [-0.4, -0.2) is 34.9 Å². The maximum absolute atomic E-state index is 11.0. The largest absolute Gasteiger partial charge is 0.482 e. The summed E-state index contributed by atoms with van der Waals surface area (Å²) >= 11 is 5.71. The second-order valence-electron chi connectivity index (χ2n) is 4.03. The van der Waals surface area contributed by atoms with Gasteiger partial charge < -0.3 is 14.8 Å². The van der Waals surface area contributed by atoms with Gasteiger partial charge in [0.25, 0.3) is 0 Å². The first kappa shape index (κ1) is 15.8. The van der Waals surface area contributed by atoms with Gasteiger partial charge in [-0.15, -0.1) is 0 Å². The van der Waals surface area contributed by atoms with Crippen molar-refractivity contribution in [1.82, 2.24) is 9.97 Å². The Kier molecular flexibility index (Phi) is 5.34. The zero-order valence-electron chi connectivity index (χ0n) is 11.5. The molecule has 9 heteroatoms. The molecule has 2 aromatic rings. The van der Waals surface area contributed by atoms with Crippen molar-refractivity contribution in [3.63, 3.8) is 0 Å². The van der Waals surface area contributed by atoms with E-state index in [-0.39, 0.29) is 17.6 Å². The summed E-state index contributed by atoms with van der Waals surface area (Å²) in [5, 5.41) is 12.0. The van der Waals surface area contributed by atoms with Gasteiger partial charge in [-0.1, -0.05) is 0 Å². The SMILES string of the molecule is COC(=O)COc1ccc(Nc2nc(Cl)ncc2NO)cc1. The van der Waals surface area contributed by atoms with Gasteiger partial charge in [0.1, 0.15) is 11.4 Å². The van der Waals surface area contributed by atoms with E-state index in [0.717, 1.165) is 0 Å². The number of rotatable bonds is 6. The van der Waals surface area contributed by atoms with Crippen LogP contribution < -0.4 is 15.5 Å². The van der Waals surface area contributed by atoms with E-state index in [1.54, 1.807) is 24.3 Å². The fourth-order valence-corrected chi connectivity index (χ4v) is 1.64. The minimum absolute atomic E-state index is 0.0412. The number of nitrogens with one attached hydrogen (secondary N) is 2. The van der Waals surface area contributed by atoms with E-state index in [0.29, 0.717) is 17.3 Å². The average molecular weight is 325 g/mol. The zero-order chi connectivity index (χ0) is 15.9. The van der Waals surface area contributed by atoms with E-state index >= 15 is 0 Å². The third-order valence-electron chi connectivity index (χ3n) is 2.58. The minimum atomic E-state index is -0.462. The molecule has 0 saturated carbocycles. The average Bonchev–Trinajstić information content (AvgIpc) is 2.54. The predicted octanol–water partition coefficient (Wildman–Crippen LogP) is 2.23. The molecule has 22 heavy (non-hydrogen) atoms. The Hall–Kier alpha value is -2.58. The number of aromatic nitrogens is 2. The van der Waals surface area contributed by atoms with Crippen molar-refractivity contribution in [2.75, 3.05) is 24.5 Å². The molecule has 0 spiro atoms. The second kappa shape index (κ2) is 7.43. The molecule has 0 atom stereocenters. The summed E-state index contributed by atoms with van der Waals surface area (Å²) in [6, 6.07) is 6.76. The van der Waals surface area contributed by atoms with Crippen molar-refractivity contribution in [3.05, 3.63) is 35.7 Å². The molecule has 8 nitrogen and oxygen atoms in total. The first-order valence-electron chi connectivity index (χ1n) is 6.11. The van der Waals surface area contributed by atoms with Crippen molar-refractivity contribution in [1.29, 1.82) is 0 Å². The summed E-state index contributed by atoms with van der Waals surface area (Å²) in [4.78, 5) is 18.7. The molecule has 1 aromatic heterocycles. The third kappa shape index (κ3) is 4.21. The molecule has 0 unspecified atom stereocenters. The molecule has 0 saturated heterocycles. The van der Waals surface area contributed by atoms with Gasteiger partial charge in [-0.25, -0.2) is 9.78 Å². The predicted molar refractivity (Wildman–Crippen MR) is 79.7 cm³/mol. The summed E-state index contributed by atoms with van der Waals surface area (Å²) in [7, 11) is 1.29. The van der Waals surface area contributed by atoms with Crippen LogP contribution in [0.2, 0.25) is 5.28 Å². The van der Waals surface area contributed by atoms with Crippen LogP contribution in [0.25, 0.3) is 0 Å². The molecule has 0 aliphatic carbocycles. The molecule has 116 valence electrons. The topological polar surface area (TPSA) is 106 Å². The molecule has 0 aliphatic heterocycles. The van der Waals surface area contributed by atoms with Gasteiger partial charge in [-0.3, -0.25) is 10.7 Å². The number of hydrogen-bond acceptors (Lipinski definition) is 8. The van der Waals surface area contributed by atoms with Crippen LogP contribution in [0, 0.1) is 0 Å². The molecular formula is C13H13ClN4O4. The number of methoxy groups -OCH3 is 1. The summed E-state index contributed by atoms with van der Waals surface area (Å²) in [6.45, 7) is -0.163. The maximum atomic E-state index is 11.0. The number of esters is 1. The van der Waals surface area contributed by atoms with E-state index in [1.165, 1.54) is 13.3 Å². The van der Waals surface area contributed by atoms with Crippen LogP contribution in [-0.2, 0) is 9.53 Å². The molecule has 0 aliphatic rings. The van der Waals surface area contributed by atoms with E-state index in [4.69, 9.17) is 21.5 Å². The lowest BCUT2D eigenvalue weighted by Gasteiger charge is -2.10. The molecule has 0 fully saturated rings. The van der Waals surface area contributed by atoms with Crippen molar-refractivity contribution in [3.8, 4) is 5.75 Å². The highest BCUT2D eigenvalue weighted by atomic mass is 35.5. The Morgan fingerprint density at radius 3 is 2.73 bits per heavy atom. The second-order valence-corrected chi connectivity index (χ2v) is 4.37. The molecular weight excluding hydrogens is 312 g/mol. The summed E-state index contributed by atoms with van der Waals surface area (Å²) in [5.41, 5.74) is 2.92. The van der Waals surface area contributed by atoms with Gasteiger partial charge >= 0.3 is 5.97 Å². The van der Waals surface area contributed by atoms with Crippen LogP contribution in [0.1, 0.15) is 0 Å². The van der Waals surface area contributed by atoms with E-state index in [1.807, 2.05) is 5.48 Å². The zero-order valence-corrected chi connectivity index (χ0v) is 12.3. The van der Waals surface area contributed by atoms with Gasteiger partial charge in [-0.2, -0.15) is 4.98 Å². The fourth-order valence-electron chi connectivity index (χ4n) is 1.51. The van der Waals surface area contributed by atoms with Crippen molar-refractivity contribution in [2.45, 2.75) is 0 Å². The molecule has 3 N–H and O–H groups in total. The van der Waals surface area contributed by atoms with Crippen LogP contribution in [0.5, 0.6) is 5.75 Å². The highest BCUT2D eigenvalue weighted by Crippen LogP contribution is 2.24. The smallest absolute Gasteiger partial charge is 0.343 e. The fraction of sp³-hybridized carbons (Fsp3) is 0.154. The lowest BCUT2D eigenvalue weighted by Crippen LogP contribution is -2.12. The van der Waals surface area contributed by atoms with E-state index < -0.39 is 5.97 Å². The highest BCUT2D eigenvalue weighted by molar-refractivity contribution is 6.28. The number of anilines is 3. The molecule has 0 amide bonds. The number of ether oxygens (including phenoxy) is 2. The maximum Gasteiger partial charge on any atom is 0.343 e. The molecule has 0 bridgehead atoms. The number of halogens is 1. The lowest BCUT2D eigenvalue weighted by molar-refractivity contribution is -0.142. The number of benzene rings is 1. The number of carbonyl (C=O) groups excluding carboxylic acids is 1. The number of carbonyl (C=O) groups is 1. The van der Waals surface area contributed by atoms with Gasteiger partial charge in [0.05, 0.1) is 13.3 Å². The van der Waals surface area contributed by atoms with Gasteiger partial charge in [0.2, 0.25) is 5.28 Å². The van der Waals surface area contributed by atoms with Gasteiger partial charge in [0.15, 0.2) is 12.4 Å².